The van der Waals surface area contributed by atoms with Gasteiger partial charge in [0.2, 0.25) is 0 Å². The smallest absolute Gasteiger partial charge is 0.0914 e. The third kappa shape index (κ3) is 4.05. The first kappa shape index (κ1) is 15.5. The second-order valence-electron chi connectivity index (χ2n) is 6.92. The van der Waals surface area contributed by atoms with E-state index in [2.05, 4.69) is 19.2 Å². The molecule has 0 amide bonds. The van der Waals surface area contributed by atoms with E-state index in [4.69, 9.17) is 0 Å². The molecule has 3 atom stereocenters. The van der Waals surface area contributed by atoms with Gasteiger partial charge in [-0.3, -0.25) is 0 Å². The Kier molecular flexibility index (Phi) is 4.84. The third-order valence-corrected chi connectivity index (χ3v) is 4.35. The maximum atomic E-state index is 10.2. The first-order chi connectivity index (χ1) is 9.37. The minimum absolute atomic E-state index is 0.0817. The molecule has 112 valence electrons. The van der Waals surface area contributed by atoms with E-state index in [0.29, 0.717) is 6.54 Å². The molecule has 3 heteroatoms. The lowest BCUT2D eigenvalue weighted by molar-refractivity contribution is 0.0369. The Bertz CT molecular complexity index is 444. The molecule has 1 saturated carbocycles. The highest BCUT2D eigenvalue weighted by molar-refractivity contribution is 5.24. The fraction of sp³-hybridized carbons (Fsp3) is 0.647. The van der Waals surface area contributed by atoms with Crippen LogP contribution in [0.3, 0.4) is 0 Å². The zero-order chi connectivity index (χ0) is 14.8. The van der Waals surface area contributed by atoms with Gasteiger partial charge in [-0.25, -0.2) is 0 Å². The van der Waals surface area contributed by atoms with Gasteiger partial charge in [0, 0.05) is 12.6 Å². The summed E-state index contributed by atoms with van der Waals surface area (Å²) in [5, 5.41) is 23.7. The maximum Gasteiger partial charge on any atom is 0.0914 e. The number of aliphatic hydroxyl groups is 2. The average Bonchev–Trinajstić information content (AvgIpc) is 2.39. The van der Waals surface area contributed by atoms with Gasteiger partial charge < -0.3 is 15.5 Å². The number of rotatable bonds is 4. The predicted octanol–water partition coefficient (Wildman–Crippen LogP) is 2.56. The van der Waals surface area contributed by atoms with Crippen LogP contribution in [0, 0.1) is 12.3 Å². The lowest BCUT2D eigenvalue weighted by Gasteiger charge is -2.39. The van der Waals surface area contributed by atoms with Crippen molar-refractivity contribution in [3.8, 4) is 0 Å². The molecule has 1 aromatic rings. The SMILES string of the molecule is Cc1cccc(C(O)CN[C@@H]2CC(C)(C)CC[C@H]2O)c1. The van der Waals surface area contributed by atoms with Crippen molar-refractivity contribution < 1.29 is 10.2 Å². The highest BCUT2D eigenvalue weighted by atomic mass is 16.3. The molecular weight excluding hydrogens is 250 g/mol. The lowest BCUT2D eigenvalue weighted by atomic mass is 9.74. The Hall–Kier alpha value is -0.900. The van der Waals surface area contributed by atoms with E-state index in [1.807, 2.05) is 31.2 Å². The summed E-state index contributed by atoms with van der Waals surface area (Å²) in [6, 6.07) is 8.02. The van der Waals surface area contributed by atoms with Gasteiger partial charge in [-0.1, -0.05) is 43.7 Å². The topological polar surface area (TPSA) is 52.5 Å². The summed E-state index contributed by atoms with van der Waals surface area (Å²) in [4.78, 5) is 0. The molecule has 3 nitrogen and oxygen atoms in total. The monoisotopic (exact) mass is 277 g/mol. The van der Waals surface area contributed by atoms with E-state index in [9.17, 15) is 10.2 Å². The second-order valence-corrected chi connectivity index (χ2v) is 6.92. The van der Waals surface area contributed by atoms with Crippen molar-refractivity contribution in [3.63, 3.8) is 0 Å². The molecule has 1 aromatic carbocycles. The molecule has 0 heterocycles. The van der Waals surface area contributed by atoms with Gasteiger partial charge >= 0.3 is 0 Å². The summed E-state index contributed by atoms with van der Waals surface area (Å²) in [5.41, 5.74) is 2.35. The van der Waals surface area contributed by atoms with Crippen molar-refractivity contribution in [1.29, 1.82) is 0 Å². The van der Waals surface area contributed by atoms with E-state index in [1.54, 1.807) is 0 Å². The summed E-state index contributed by atoms with van der Waals surface area (Å²) in [5.74, 6) is 0. The van der Waals surface area contributed by atoms with Crippen molar-refractivity contribution in [1.82, 2.24) is 5.32 Å². The van der Waals surface area contributed by atoms with Gasteiger partial charge in [0.15, 0.2) is 0 Å². The molecule has 20 heavy (non-hydrogen) atoms. The van der Waals surface area contributed by atoms with Crippen molar-refractivity contribution in [2.24, 2.45) is 5.41 Å². The molecule has 1 unspecified atom stereocenters. The predicted molar refractivity (Wildman–Crippen MR) is 81.6 cm³/mol. The van der Waals surface area contributed by atoms with E-state index < -0.39 is 6.10 Å². The molecule has 0 aliphatic heterocycles. The van der Waals surface area contributed by atoms with E-state index in [1.165, 1.54) is 0 Å². The van der Waals surface area contributed by atoms with Crippen LogP contribution in [-0.2, 0) is 0 Å². The van der Waals surface area contributed by atoms with Crippen LogP contribution in [0.2, 0.25) is 0 Å². The van der Waals surface area contributed by atoms with Crippen LogP contribution in [0.4, 0.5) is 0 Å². The standard InChI is InChI=1S/C17H27NO2/c1-12-5-4-6-13(9-12)16(20)11-18-14-10-17(2,3)8-7-15(14)19/h4-6,9,14-16,18-20H,7-8,10-11H2,1-3H3/t14-,15-,16?/m1/s1. The van der Waals surface area contributed by atoms with Gasteiger partial charge in [-0.15, -0.1) is 0 Å². The minimum Gasteiger partial charge on any atom is -0.392 e. The Morgan fingerprint density at radius 2 is 2.15 bits per heavy atom. The van der Waals surface area contributed by atoms with Gasteiger partial charge in [-0.05, 0) is 37.2 Å². The Labute approximate surface area is 122 Å². The van der Waals surface area contributed by atoms with Gasteiger partial charge in [0.05, 0.1) is 12.2 Å². The van der Waals surface area contributed by atoms with Crippen molar-refractivity contribution in [2.45, 2.75) is 58.3 Å². The summed E-state index contributed by atoms with van der Waals surface area (Å²) in [6.45, 7) is 6.99. The fourth-order valence-electron chi connectivity index (χ4n) is 3.04. The summed E-state index contributed by atoms with van der Waals surface area (Å²) in [6.07, 6.45) is 2.03. The molecule has 0 saturated heterocycles. The molecule has 0 aromatic heterocycles. The van der Waals surface area contributed by atoms with Crippen LogP contribution in [0.15, 0.2) is 24.3 Å². The quantitative estimate of drug-likeness (QED) is 0.793. The minimum atomic E-state index is -0.521. The van der Waals surface area contributed by atoms with E-state index in [-0.39, 0.29) is 17.6 Å². The molecule has 1 aliphatic carbocycles. The van der Waals surface area contributed by atoms with Gasteiger partial charge in [0.1, 0.15) is 0 Å². The summed E-state index contributed by atoms with van der Waals surface area (Å²) >= 11 is 0. The molecule has 0 radical (unpaired) electrons. The Balaban J connectivity index is 1.91. The Morgan fingerprint density at radius 3 is 2.85 bits per heavy atom. The van der Waals surface area contributed by atoms with Crippen LogP contribution in [0.1, 0.15) is 50.3 Å². The number of nitrogens with one attached hydrogen (secondary N) is 1. The lowest BCUT2D eigenvalue weighted by Crippen LogP contribution is -2.47. The zero-order valence-electron chi connectivity index (χ0n) is 12.8. The molecule has 0 spiro atoms. The van der Waals surface area contributed by atoms with Crippen molar-refractivity contribution in [2.75, 3.05) is 6.54 Å². The van der Waals surface area contributed by atoms with E-state index >= 15 is 0 Å². The maximum absolute atomic E-state index is 10.2. The molecule has 3 N–H and O–H groups in total. The van der Waals surface area contributed by atoms with Crippen LogP contribution in [-0.4, -0.2) is 28.9 Å². The van der Waals surface area contributed by atoms with E-state index in [0.717, 1.165) is 30.4 Å². The zero-order valence-corrected chi connectivity index (χ0v) is 12.8. The number of hydrogen-bond donors (Lipinski definition) is 3. The fourth-order valence-corrected chi connectivity index (χ4v) is 3.04. The number of aliphatic hydroxyl groups excluding tert-OH is 2. The van der Waals surface area contributed by atoms with Gasteiger partial charge in [0.25, 0.3) is 0 Å². The molecule has 1 aliphatic rings. The van der Waals surface area contributed by atoms with Crippen LogP contribution < -0.4 is 5.32 Å². The molecule has 2 rings (SSSR count). The third-order valence-electron chi connectivity index (χ3n) is 4.35. The number of hydrogen-bond acceptors (Lipinski definition) is 3. The first-order valence-electron chi connectivity index (χ1n) is 7.53. The summed E-state index contributed by atoms with van der Waals surface area (Å²) < 4.78 is 0. The van der Waals surface area contributed by atoms with Crippen LogP contribution >= 0.6 is 0 Å². The normalized spacial score (nSPS) is 27.2. The first-order valence-corrected chi connectivity index (χ1v) is 7.53. The largest absolute Gasteiger partial charge is 0.392 e. The van der Waals surface area contributed by atoms with Crippen LogP contribution in [0.5, 0.6) is 0 Å². The highest BCUT2D eigenvalue weighted by Gasteiger charge is 2.33. The molecule has 1 fully saturated rings. The molecular formula is C17H27NO2. The average molecular weight is 277 g/mol. The molecule has 0 bridgehead atoms. The van der Waals surface area contributed by atoms with Crippen molar-refractivity contribution >= 4 is 0 Å². The number of benzene rings is 1. The van der Waals surface area contributed by atoms with Gasteiger partial charge in [-0.2, -0.15) is 0 Å². The summed E-state index contributed by atoms with van der Waals surface area (Å²) in [7, 11) is 0. The van der Waals surface area contributed by atoms with Crippen LogP contribution in [0.25, 0.3) is 0 Å². The number of aryl methyl sites for hydroxylation is 1. The Morgan fingerprint density at radius 1 is 1.40 bits per heavy atom. The highest BCUT2D eigenvalue weighted by Crippen LogP contribution is 2.35. The van der Waals surface area contributed by atoms with Crippen molar-refractivity contribution in [3.05, 3.63) is 35.4 Å². The second kappa shape index (κ2) is 6.25.